The maximum atomic E-state index is 10.3. The molecule has 1 aromatic heterocycles. The van der Waals surface area contributed by atoms with Crippen molar-refractivity contribution in [1.29, 1.82) is 0 Å². The third-order valence-corrected chi connectivity index (χ3v) is 1.46. The van der Waals surface area contributed by atoms with Gasteiger partial charge in [0.2, 0.25) is 5.89 Å². The number of aryl methyl sites for hydroxylation is 1. The van der Waals surface area contributed by atoms with Gasteiger partial charge in [-0.25, -0.2) is 4.79 Å². The monoisotopic (exact) mass is 186 g/mol. The van der Waals surface area contributed by atoms with E-state index in [9.17, 15) is 4.79 Å². The van der Waals surface area contributed by atoms with Crippen LogP contribution in [-0.4, -0.2) is 32.9 Å². The van der Waals surface area contributed by atoms with Crippen molar-refractivity contribution in [2.45, 2.75) is 19.3 Å². The fraction of sp³-hybridized carbons (Fsp3) is 0.571. The Kier molecular flexibility index (Phi) is 3.39. The molecular weight excluding hydrogens is 176 g/mol. The molecule has 1 rings (SSSR count). The average molecular weight is 186 g/mol. The van der Waals surface area contributed by atoms with Crippen LogP contribution >= 0.6 is 0 Å². The Bertz CT molecular complexity index is 284. The van der Waals surface area contributed by atoms with Crippen molar-refractivity contribution < 1.29 is 19.5 Å². The number of nitrogens with zero attached hydrogens (tertiary/aromatic N) is 2. The van der Waals surface area contributed by atoms with Crippen molar-refractivity contribution in [1.82, 2.24) is 10.1 Å². The lowest BCUT2D eigenvalue weighted by atomic mass is 10.2. The van der Waals surface area contributed by atoms with E-state index in [4.69, 9.17) is 10.2 Å². The van der Waals surface area contributed by atoms with Gasteiger partial charge in [0.15, 0.2) is 0 Å². The molecule has 0 spiro atoms. The largest absolute Gasteiger partial charge is 0.475 e. The molecule has 0 saturated heterocycles. The van der Waals surface area contributed by atoms with Gasteiger partial charge in [0.1, 0.15) is 0 Å². The summed E-state index contributed by atoms with van der Waals surface area (Å²) in [7, 11) is 0. The summed E-state index contributed by atoms with van der Waals surface area (Å²) in [5.74, 6) is -1.22. The highest BCUT2D eigenvalue weighted by Gasteiger charge is 2.11. The van der Waals surface area contributed by atoms with Crippen molar-refractivity contribution in [3.05, 3.63) is 11.7 Å². The van der Waals surface area contributed by atoms with E-state index >= 15 is 0 Å². The van der Waals surface area contributed by atoms with E-state index in [1.54, 1.807) is 0 Å². The molecule has 0 aromatic carbocycles. The summed E-state index contributed by atoms with van der Waals surface area (Å²) in [6.45, 7) is 0.111. The predicted octanol–water partition coefficient (Wildman–Crippen LogP) is 0.0828. The van der Waals surface area contributed by atoms with Gasteiger partial charge in [-0.3, -0.25) is 0 Å². The Morgan fingerprint density at radius 3 is 2.77 bits per heavy atom. The first-order valence-electron chi connectivity index (χ1n) is 3.91. The maximum absolute atomic E-state index is 10.3. The number of rotatable bonds is 5. The van der Waals surface area contributed by atoms with Crippen LogP contribution in [0, 0.1) is 0 Å². The highest BCUT2D eigenvalue weighted by atomic mass is 16.5. The average Bonchev–Trinajstić information content (AvgIpc) is 2.53. The highest BCUT2D eigenvalue weighted by molar-refractivity contribution is 5.82. The summed E-state index contributed by atoms with van der Waals surface area (Å²) in [5.41, 5.74) is 0. The lowest BCUT2D eigenvalue weighted by Gasteiger charge is -1.90. The normalized spacial score (nSPS) is 10.2. The van der Waals surface area contributed by atoms with Crippen LogP contribution in [0.1, 0.15) is 29.4 Å². The van der Waals surface area contributed by atoms with Crippen molar-refractivity contribution in [3.63, 3.8) is 0 Å². The van der Waals surface area contributed by atoms with Gasteiger partial charge in [0, 0.05) is 13.0 Å². The van der Waals surface area contributed by atoms with Crippen LogP contribution in [0.25, 0.3) is 0 Å². The Hall–Kier alpha value is -1.43. The van der Waals surface area contributed by atoms with Gasteiger partial charge in [0.25, 0.3) is 5.82 Å². The van der Waals surface area contributed by atoms with Crippen LogP contribution in [0.5, 0.6) is 0 Å². The number of carboxylic acid groups (broad SMARTS) is 1. The molecule has 6 nitrogen and oxygen atoms in total. The smallest absolute Gasteiger partial charge is 0.377 e. The van der Waals surface area contributed by atoms with Crippen LogP contribution in [0.2, 0.25) is 0 Å². The van der Waals surface area contributed by atoms with E-state index < -0.39 is 5.97 Å². The first-order chi connectivity index (χ1) is 6.24. The number of aliphatic hydroxyl groups is 1. The number of aromatic carboxylic acids is 1. The molecule has 0 atom stereocenters. The molecule has 0 aliphatic carbocycles. The van der Waals surface area contributed by atoms with E-state index in [0.717, 1.165) is 0 Å². The van der Waals surface area contributed by atoms with Gasteiger partial charge in [0.05, 0.1) is 0 Å². The Balaban J connectivity index is 2.44. The first kappa shape index (κ1) is 9.66. The Morgan fingerprint density at radius 2 is 2.23 bits per heavy atom. The van der Waals surface area contributed by atoms with Crippen LogP contribution in [-0.2, 0) is 6.42 Å². The number of aliphatic hydroxyl groups excluding tert-OH is 1. The number of carboxylic acids is 1. The van der Waals surface area contributed by atoms with Gasteiger partial charge in [-0.1, -0.05) is 0 Å². The summed E-state index contributed by atoms with van der Waals surface area (Å²) < 4.78 is 4.65. The van der Waals surface area contributed by atoms with Crippen LogP contribution in [0.15, 0.2) is 4.52 Å². The molecule has 0 aliphatic heterocycles. The molecule has 0 fully saturated rings. The molecule has 1 heterocycles. The van der Waals surface area contributed by atoms with Crippen LogP contribution in [0.4, 0.5) is 0 Å². The van der Waals surface area contributed by atoms with Gasteiger partial charge >= 0.3 is 5.97 Å². The summed E-state index contributed by atoms with van der Waals surface area (Å²) in [6, 6.07) is 0. The highest BCUT2D eigenvalue weighted by Crippen LogP contribution is 2.02. The van der Waals surface area contributed by atoms with Gasteiger partial charge < -0.3 is 14.7 Å². The minimum absolute atomic E-state index is 0.111. The molecule has 0 saturated carbocycles. The third kappa shape index (κ3) is 2.83. The SMILES string of the molecule is O=C(O)c1noc(CCCCO)n1. The number of carbonyl (C=O) groups is 1. The molecule has 0 unspecified atom stereocenters. The van der Waals surface area contributed by atoms with E-state index in [-0.39, 0.29) is 12.4 Å². The quantitative estimate of drug-likeness (QED) is 0.632. The molecule has 0 amide bonds. The minimum atomic E-state index is -1.20. The zero-order chi connectivity index (χ0) is 9.68. The number of hydrogen-bond donors (Lipinski definition) is 2. The zero-order valence-electron chi connectivity index (χ0n) is 6.93. The number of hydrogen-bond acceptors (Lipinski definition) is 5. The summed E-state index contributed by atoms with van der Waals surface area (Å²) >= 11 is 0. The second kappa shape index (κ2) is 4.56. The van der Waals surface area contributed by atoms with Crippen LogP contribution < -0.4 is 0 Å². The molecule has 0 bridgehead atoms. The maximum Gasteiger partial charge on any atom is 0.377 e. The predicted molar refractivity (Wildman–Crippen MR) is 41.3 cm³/mol. The lowest BCUT2D eigenvalue weighted by molar-refractivity contribution is 0.0680. The topological polar surface area (TPSA) is 96.5 Å². The number of unbranched alkanes of at least 4 members (excludes halogenated alkanes) is 1. The molecule has 1 aromatic rings. The molecule has 6 heteroatoms. The van der Waals surface area contributed by atoms with E-state index in [1.165, 1.54) is 0 Å². The standard InChI is InChI=1S/C7H10N2O4/c10-4-2-1-3-5-8-6(7(11)12)9-13-5/h10H,1-4H2,(H,11,12). The minimum Gasteiger partial charge on any atom is -0.475 e. The molecule has 0 aliphatic rings. The summed E-state index contributed by atoms with van der Waals surface area (Å²) in [4.78, 5) is 13.9. The fourth-order valence-electron chi connectivity index (χ4n) is 0.831. The van der Waals surface area contributed by atoms with Crippen molar-refractivity contribution in [2.75, 3.05) is 6.61 Å². The van der Waals surface area contributed by atoms with E-state index in [1.807, 2.05) is 0 Å². The van der Waals surface area contributed by atoms with Gasteiger partial charge in [-0.2, -0.15) is 4.98 Å². The van der Waals surface area contributed by atoms with Crippen molar-refractivity contribution in [2.24, 2.45) is 0 Å². The summed E-state index contributed by atoms with van der Waals surface area (Å²) in [5, 5.41) is 20.2. The van der Waals surface area contributed by atoms with Crippen molar-refractivity contribution in [3.8, 4) is 0 Å². The molecule has 2 N–H and O–H groups in total. The molecule has 13 heavy (non-hydrogen) atoms. The Labute approximate surface area is 74.2 Å². The van der Waals surface area contributed by atoms with Crippen molar-refractivity contribution >= 4 is 5.97 Å². The lowest BCUT2D eigenvalue weighted by Crippen LogP contribution is -1.98. The first-order valence-corrected chi connectivity index (χ1v) is 3.91. The van der Waals surface area contributed by atoms with E-state index in [2.05, 4.69) is 14.7 Å². The zero-order valence-corrected chi connectivity index (χ0v) is 6.93. The molecule has 72 valence electrons. The number of aromatic nitrogens is 2. The molecular formula is C7H10N2O4. The fourth-order valence-corrected chi connectivity index (χ4v) is 0.831. The third-order valence-electron chi connectivity index (χ3n) is 1.46. The second-order valence-electron chi connectivity index (χ2n) is 2.50. The second-order valence-corrected chi connectivity index (χ2v) is 2.50. The molecule has 0 radical (unpaired) electrons. The Morgan fingerprint density at radius 1 is 1.46 bits per heavy atom. The summed E-state index contributed by atoms with van der Waals surface area (Å²) in [6.07, 6.45) is 1.85. The van der Waals surface area contributed by atoms with Crippen LogP contribution in [0.3, 0.4) is 0 Å². The van der Waals surface area contributed by atoms with Gasteiger partial charge in [-0.15, -0.1) is 0 Å². The van der Waals surface area contributed by atoms with E-state index in [0.29, 0.717) is 25.2 Å². The van der Waals surface area contributed by atoms with Gasteiger partial charge in [-0.05, 0) is 18.0 Å².